The SMILES string of the molecule is COCCOc1ccccc1NCC(=O)Nc1ccccc1C(F)(F)F. The monoisotopic (exact) mass is 368 g/mol. The Kier molecular flexibility index (Phi) is 6.85. The maximum Gasteiger partial charge on any atom is 0.418 e. The van der Waals surface area contributed by atoms with Crippen molar-refractivity contribution < 1.29 is 27.4 Å². The summed E-state index contributed by atoms with van der Waals surface area (Å²) < 4.78 is 49.3. The molecule has 2 N–H and O–H groups in total. The number of rotatable bonds is 8. The number of amides is 1. The first kappa shape index (κ1) is 19.6. The van der Waals surface area contributed by atoms with E-state index in [9.17, 15) is 18.0 Å². The molecule has 0 aliphatic heterocycles. The molecule has 5 nitrogen and oxygen atoms in total. The highest BCUT2D eigenvalue weighted by molar-refractivity contribution is 5.94. The summed E-state index contributed by atoms with van der Waals surface area (Å²) in [4.78, 5) is 12.0. The molecule has 0 heterocycles. The number of hydrogen-bond acceptors (Lipinski definition) is 4. The predicted molar refractivity (Wildman–Crippen MR) is 92.4 cm³/mol. The van der Waals surface area contributed by atoms with Crippen LogP contribution in [0.2, 0.25) is 0 Å². The van der Waals surface area contributed by atoms with E-state index in [4.69, 9.17) is 9.47 Å². The second kappa shape index (κ2) is 9.10. The van der Waals surface area contributed by atoms with Crippen molar-refractivity contribution in [2.75, 3.05) is 37.5 Å². The van der Waals surface area contributed by atoms with Crippen LogP contribution in [0.4, 0.5) is 24.5 Å². The molecule has 2 aromatic rings. The lowest BCUT2D eigenvalue weighted by Crippen LogP contribution is -2.23. The van der Waals surface area contributed by atoms with Gasteiger partial charge in [-0.1, -0.05) is 24.3 Å². The Hall–Kier alpha value is -2.74. The van der Waals surface area contributed by atoms with Gasteiger partial charge < -0.3 is 20.1 Å². The van der Waals surface area contributed by atoms with E-state index in [0.717, 1.165) is 6.07 Å². The minimum atomic E-state index is -4.54. The van der Waals surface area contributed by atoms with Crippen LogP contribution < -0.4 is 15.4 Å². The van der Waals surface area contributed by atoms with E-state index < -0.39 is 17.6 Å². The van der Waals surface area contributed by atoms with Gasteiger partial charge in [-0.05, 0) is 24.3 Å². The van der Waals surface area contributed by atoms with E-state index in [1.807, 2.05) is 0 Å². The smallest absolute Gasteiger partial charge is 0.418 e. The van der Waals surface area contributed by atoms with Crippen LogP contribution in [-0.2, 0) is 15.7 Å². The summed E-state index contributed by atoms with van der Waals surface area (Å²) >= 11 is 0. The maximum atomic E-state index is 13.0. The zero-order valence-corrected chi connectivity index (χ0v) is 14.1. The average Bonchev–Trinajstić information content (AvgIpc) is 2.60. The van der Waals surface area contributed by atoms with Gasteiger partial charge in [-0.15, -0.1) is 0 Å². The molecule has 0 fully saturated rings. The lowest BCUT2D eigenvalue weighted by molar-refractivity contribution is -0.137. The second-order valence-electron chi connectivity index (χ2n) is 5.28. The summed E-state index contributed by atoms with van der Waals surface area (Å²) in [6.45, 7) is 0.528. The van der Waals surface area contributed by atoms with Crippen molar-refractivity contribution in [1.29, 1.82) is 0 Å². The Morgan fingerprint density at radius 2 is 1.65 bits per heavy atom. The largest absolute Gasteiger partial charge is 0.489 e. The molecule has 0 atom stereocenters. The van der Waals surface area contributed by atoms with Crippen LogP contribution in [0.5, 0.6) is 5.75 Å². The van der Waals surface area contributed by atoms with Crippen LogP contribution in [0.3, 0.4) is 0 Å². The normalized spacial score (nSPS) is 11.1. The summed E-state index contributed by atoms with van der Waals surface area (Å²) in [7, 11) is 1.55. The van der Waals surface area contributed by atoms with Gasteiger partial charge in [0, 0.05) is 7.11 Å². The van der Waals surface area contributed by atoms with Crippen LogP contribution >= 0.6 is 0 Å². The van der Waals surface area contributed by atoms with E-state index in [-0.39, 0.29) is 12.2 Å². The van der Waals surface area contributed by atoms with Crippen LogP contribution in [0.15, 0.2) is 48.5 Å². The molecule has 0 aromatic heterocycles. The molecular weight excluding hydrogens is 349 g/mol. The van der Waals surface area contributed by atoms with Gasteiger partial charge in [-0.25, -0.2) is 0 Å². The summed E-state index contributed by atoms with van der Waals surface area (Å²) in [5.74, 6) is -0.0820. The van der Waals surface area contributed by atoms with Gasteiger partial charge >= 0.3 is 6.18 Å². The second-order valence-corrected chi connectivity index (χ2v) is 5.28. The number of halogens is 3. The molecule has 0 aliphatic rings. The third-order valence-electron chi connectivity index (χ3n) is 3.38. The Labute approximate surface area is 149 Å². The van der Waals surface area contributed by atoms with Crippen molar-refractivity contribution in [2.45, 2.75) is 6.18 Å². The van der Waals surface area contributed by atoms with Gasteiger partial charge in [0.2, 0.25) is 5.91 Å². The minimum absolute atomic E-state index is 0.211. The summed E-state index contributed by atoms with van der Waals surface area (Å²) in [5.41, 5.74) is -0.615. The number of ether oxygens (including phenoxy) is 2. The molecule has 0 unspecified atom stereocenters. The fourth-order valence-corrected chi connectivity index (χ4v) is 2.18. The average molecular weight is 368 g/mol. The van der Waals surface area contributed by atoms with E-state index in [2.05, 4.69) is 10.6 Å². The number of nitrogens with one attached hydrogen (secondary N) is 2. The van der Waals surface area contributed by atoms with E-state index in [0.29, 0.717) is 24.7 Å². The third kappa shape index (κ3) is 5.66. The zero-order chi connectivity index (χ0) is 19.0. The number of carbonyl (C=O) groups excluding carboxylic acids is 1. The number of anilines is 2. The third-order valence-corrected chi connectivity index (χ3v) is 3.38. The topological polar surface area (TPSA) is 59.6 Å². The molecular formula is C18H19F3N2O3. The molecule has 0 bridgehead atoms. The number of alkyl halides is 3. The summed E-state index contributed by atoms with van der Waals surface area (Å²) in [6.07, 6.45) is -4.54. The quantitative estimate of drug-likeness (QED) is 0.696. The molecule has 2 rings (SSSR count). The Bertz CT molecular complexity index is 736. The standard InChI is InChI=1S/C18H19F3N2O3/c1-25-10-11-26-16-9-5-4-8-15(16)22-12-17(24)23-14-7-3-2-6-13(14)18(19,20)21/h2-9,22H,10-12H2,1H3,(H,23,24). The number of benzene rings is 2. The molecule has 0 radical (unpaired) electrons. The molecule has 8 heteroatoms. The molecule has 140 valence electrons. The van der Waals surface area contributed by atoms with Gasteiger partial charge in [0.15, 0.2) is 0 Å². The summed E-state index contributed by atoms with van der Waals surface area (Å²) in [5, 5.41) is 5.14. The number of methoxy groups -OCH3 is 1. The van der Waals surface area contributed by atoms with Crippen molar-refractivity contribution in [2.24, 2.45) is 0 Å². The van der Waals surface area contributed by atoms with Gasteiger partial charge in [0.05, 0.1) is 30.1 Å². The minimum Gasteiger partial charge on any atom is -0.489 e. The molecule has 0 spiro atoms. The highest BCUT2D eigenvalue weighted by atomic mass is 19.4. The Morgan fingerprint density at radius 1 is 1.00 bits per heavy atom. The first-order valence-corrected chi connectivity index (χ1v) is 7.82. The molecule has 0 aliphatic carbocycles. The first-order valence-electron chi connectivity index (χ1n) is 7.82. The van der Waals surface area contributed by atoms with Crippen LogP contribution in [-0.4, -0.2) is 32.8 Å². The zero-order valence-electron chi connectivity index (χ0n) is 14.1. The van der Waals surface area contributed by atoms with E-state index in [1.165, 1.54) is 18.2 Å². The van der Waals surface area contributed by atoms with Crippen molar-refractivity contribution in [1.82, 2.24) is 0 Å². The number of para-hydroxylation sites is 3. The fraction of sp³-hybridized carbons (Fsp3) is 0.278. The molecule has 2 aromatic carbocycles. The van der Waals surface area contributed by atoms with E-state index >= 15 is 0 Å². The molecule has 0 saturated carbocycles. The molecule has 26 heavy (non-hydrogen) atoms. The fourth-order valence-electron chi connectivity index (χ4n) is 2.18. The number of carbonyl (C=O) groups is 1. The highest BCUT2D eigenvalue weighted by Gasteiger charge is 2.33. The van der Waals surface area contributed by atoms with Crippen LogP contribution in [0.1, 0.15) is 5.56 Å². The van der Waals surface area contributed by atoms with Crippen molar-refractivity contribution in [3.63, 3.8) is 0 Å². The maximum absolute atomic E-state index is 13.0. The van der Waals surface area contributed by atoms with Gasteiger partial charge in [-0.3, -0.25) is 4.79 Å². The van der Waals surface area contributed by atoms with Crippen molar-refractivity contribution in [3.05, 3.63) is 54.1 Å². The van der Waals surface area contributed by atoms with Crippen LogP contribution in [0, 0.1) is 0 Å². The summed E-state index contributed by atoms with van der Waals surface area (Å²) in [6, 6.07) is 11.8. The molecule has 0 saturated heterocycles. The van der Waals surface area contributed by atoms with E-state index in [1.54, 1.807) is 31.4 Å². The Balaban J connectivity index is 1.98. The number of hydrogen-bond donors (Lipinski definition) is 2. The lowest BCUT2D eigenvalue weighted by Gasteiger charge is -2.15. The van der Waals surface area contributed by atoms with Crippen LogP contribution in [0.25, 0.3) is 0 Å². The lowest BCUT2D eigenvalue weighted by atomic mass is 10.1. The Morgan fingerprint density at radius 3 is 2.35 bits per heavy atom. The van der Waals surface area contributed by atoms with Gasteiger partial charge in [-0.2, -0.15) is 13.2 Å². The van der Waals surface area contributed by atoms with Gasteiger partial charge in [0.25, 0.3) is 0 Å². The van der Waals surface area contributed by atoms with Gasteiger partial charge in [0.1, 0.15) is 12.4 Å². The van der Waals surface area contributed by atoms with Crippen molar-refractivity contribution >= 4 is 17.3 Å². The predicted octanol–water partition coefficient (Wildman–Crippen LogP) is 3.78. The van der Waals surface area contributed by atoms with Crippen molar-refractivity contribution in [3.8, 4) is 5.75 Å². The molecule has 1 amide bonds. The highest BCUT2D eigenvalue weighted by Crippen LogP contribution is 2.34. The first-order chi connectivity index (χ1) is 12.4.